The zero-order valence-corrected chi connectivity index (χ0v) is 18.5. The summed E-state index contributed by atoms with van der Waals surface area (Å²) in [6, 6.07) is 9.81. The smallest absolute Gasteiger partial charge is 0.253 e. The molecular weight excluding hydrogens is 474 g/mol. The lowest BCUT2D eigenvalue weighted by Gasteiger charge is -2.31. The van der Waals surface area contributed by atoms with Crippen LogP contribution in [-0.4, -0.2) is 47.2 Å². The van der Waals surface area contributed by atoms with Crippen LogP contribution in [0.4, 0.5) is 5.69 Å². The van der Waals surface area contributed by atoms with Crippen molar-refractivity contribution in [1.29, 1.82) is 0 Å². The number of ether oxygens (including phenoxy) is 2. The molecular formula is C20H22BrN3O5S. The quantitative estimate of drug-likeness (QED) is 0.672. The van der Waals surface area contributed by atoms with E-state index in [1.165, 1.54) is 12.1 Å². The van der Waals surface area contributed by atoms with E-state index in [0.29, 0.717) is 45.0 Å². The van der Waals surface area contributed by atoms with Crippen molar-refractivity contribution in [3.05, 3.63) is 52.0 Å². The third-order valence-corrected chi connectivity index (χ3v) is 6.61. The molecule has 1 saturated heterocycles. The Morgan fingerprint density at radius 3 is 2.63 bits per heavy atom. The van der Waals surface area contributed by atoms with Crippen LogP contribution in [0.15, 0.2) is 45.8 Å². The molecule has 10 heteroatoms. The average Bonchev–Trinajstić information content (AvgIpc) is 2.73. The number of primary sulfonamides is 1. The second-order valence-corrected chi connectivity index (χ2v) is 9.65. The summed E-state index contributed by atoms with van der Waals surface area (Å²) < 4.78 is 35.7. The summed E-state index contributed by atoms with van der Waals surface area (Å²) >= 11 is 3.46. The van der Waals surface area contributed by atoms with Gasteiger partial charge in [0.1, 0.15) is 5.75 Å². The Balaban J connectivity index is 1.68. The minimum Gasteiger partial charge on any atom is -0.493 e. The first-order valence-corrected chi connectivity index (χ1v) is 11.9. The summed E-state index contributed by atoms with van der Waals surface area (Å²) in [5.74, 6) is 0.362. The molecule has 2 heterocycles. The first-order chi connectivity index (χ1) is 14.3. The molecule has 0 aromatic heterocycles. The fourth-order valence-corrected chi connectivity index (χ4v) is 4.62. The molecule has 160 valence electrons. The van der Waals surface area contributed by atoms with Gasteiger partial charge in [0.25, 0.3) is 5.91 Å². The Morgan fingerprint density at radius 2 is 1.90 bits per heavy atom. The molecule has 0 bridgehead atoms. The average molecular weight is 496 g/mol. The summed E-state index contributed by atoms with van der Waals surface area (Å²) in [7, 11) is -3.94. The van der Waals surface area contributed by atoms with Crippen LogP contribution in [0.25, 0.3) is 0 Å². The van der Waals surface area contributed by atoms with E-state index >= 15 is 0 Å². The largest absolute Gasteiger partial charge is 0.493 e. The van der Waals surface area contributed by atoms with Gasteiger partial charge in [0, 0.05) is 35.2 Å². The second kappa shape index (κ2) is 8.54. The first-order valence-electron chi connectivity index (χ1n) is 9.55. The van der Waals surface area contributed by atoms with E-state index in [1.54, 1.807) is 6.07 Å². The van der Waals surface area contributed by atoms with E-state index in [0.717, 1.165) is 15.8 Å². The van der Waals surface area contributed by atoms with Crippen molar-refractivity contribution in [3.8, 4) is 5.75 Å². The number of carbonyl (C=O) groups excluding carboxylic acids is 1. The van der Waals surface area contributed by atoms with Gasteiger partial charge in [-0.3, -0.25) is 4.79 Å². The van der Waals surface area contributed by atoms with E-state index in [4.69, 9.17) is 14.6 Å². The number of nitrogens with one attached hydrogen (secondary N) is 1. The van der Waals surface area contributed by atoms with Gasteiger partial charge >= 0.3 is 0 Å². The molecule has 0 spiro atoms. The third kappa shape index (κ3) is 4.46. The fourth-order valence-electron chi connectivity index (χ4n) is 3.71. The fraction of sp³-hybridized carbons (Fsp3) is 0.350. The lowest BCUT2D eigenvalue weighted by Crippen LogP contribution is -2.39. The standard InChI is InChI=1S/C20H22BrN3O5S/c21-13-1-4-19-15(11-13)17(5-8-29-19)23-20(25)16-12-14(30(22,26)27)2-3-18(16)24-6-9-28-10-7-24/h1-4,11-12,17H,5-10H2,(H,23,25)(H2,22,26,27). The van der Waals surface area contributed by atoms with Crippen molar-refractivity contribution in [2.75, 3.05) is 37.8 Å². The van der Waals surface area contributed by atoms with Crippen LogP contribution in [-0.2, 0) is 14.8 Å². The van der Waals surface area contributed by atoms with Gasteiger partial charge in [0.15, 0.2) is 0 Å². The van der Waals surface area contributed by atoms with Crippen molar-refractivity contribution in [3.63, 3.8) is 0 Å². The van der Waals surface area contributed by atoms with Crippen LogP contribution < -0.4 is 20.1 Å². The van der Waals surface area contributed by atoms with E-state index in [2.05, 4.69) is 21.2 Å². The van der Waals surface area contributed by atoms with Crippen molar-refractivity contribution in [2.45, 2.75) is 17.4 Å². The van der Waals surface area contributed by atoms with Gasteiger partial charge in [-0.1, -0.05) is 15.9 Å². The Bertz CT molecular complexity index is 1070. The summed E-state index contributed by atoms with van der Waals surface area (Å²) in [6.45, 7) is 2.79. The highest BCUT2D eigenvalue weighted by atomic mass is 79.9. The predicted molar refractivity (Wildman–Crippen MR) is 115 cm³/mol. The molecule has 1 fully saturated rings. The van der Waals surface area contributed by atoms with Crippen LogP contribution in [0.5, 0.6) is 5.75 Å². The molecule has 0 saturated carbocycles. The van der Waals surface area contributed by atoms with Crippen LogP contribution in [0.1, 0.15) is 28.4 Å². The number of benzene rings is 2. The topological polar surface area (TPSA) is 111 Å². The summed E-state index contributed by atoms with van der Waals surface area (Å²) in [6.07, 6.45) is 0.608. The molecule has 2 aliphatic rings. The second-order valence-electron chi connectivity index (χ2n) is 7.17. The van der Waals surface area contributed by atoms with E-state index in [-0.39, 0.29) is 22.4 Å². The van der Waals surface area contributed by atoms with Crippen LogP contribution in [0.3, 0.4) is 0 Å². The number of amides is 1. The summed E-state index contributed by atoms with van der Waals surface area (Å²) in [5.41, 5.74) is 1.80. The molecule has 30 heavy (non-hydrogen) atoms. The number of nitrogens with zero attached hydrogens (tertiary/aromatic N) is 1. The summed E-state index contributed by atoms with van der Waals surface area (Å²) in [4.78, 5) is 15.2. The van der Waals surface area contributed by atoms with E-state index < -0.39 is 10.0 Å². The minimum atomic E-state index is -3.94. The molecule has 0 radical (unpaired) electrons. The highest BCUT2D eigenvalue weighted by Gasteiger charge is 2.27. The monoisotopic (exact) mass is 495 g/mol. The van der Waals surface area contributed by atoms with Gasteiger partial charge < -0.3 is 19.7 Å². The first kappa shape index (κ1) is 21.1. The van der Waals surface area contributed by atoms with Gasteiger partial charge in [-0.15, -0.1) is 0 Å². The molecule has 2 aliphatic heterocycles. The zero-order chi connectivity index (χ0) is 21.3. The molecule has 1 atom stereocenters. The molecule has 1 unspecified atom stereocenters. The SMILES string of the molecule is NS(=O)(=O)c1ccc(N2CCOCC2)c(C(=O)NC2CCOc3ccc(Br)cc32)c1. The van der Waals surface area contributed by atoms with Crippen LogP contribution >= 0.6 is 15.9 Å². The number of morpholine rings is 1. The van der Waals surface area contributed by atoms with Gasteiger partial charge in [-0.05, 0) is 36.4 Å². The highest BCUT2D eigenvalue weighted by molar-refractivity contribution is 9.10. The van der Waals surface area contributed by atoms with E-state index in [1.807, 2.05) is 23.1 Å². The number of hydrogen-bond donors (Lipinski definition) is 2. The lowest BCUT2D eigenvalue weighted by atomic mass is 10.00. The molecule has 1 amide bonds. The summed E-state index contributed by atoms with van der Waals surface area (Å²) in [5, 5.41) is 8.35. The zero-order valence-electron chi connectivity index (χ0n) is 16.1. The third-order valence-electron chi connectivity index (χ3n) is 5.21. The number of halogens is 1. The molecule has 0 aliphatic carbocycles. The Kier molecular flexibility index (Phi) is 6.01. The van der Waals surface area contributed by atoms with Crippen molar-refractivity contribution in [1.82, 2.24) is 5.32 Å². The number of carbonyl (C=O) groups is 1. The number of sulfonamides is 1. The highest BCUT2D eigenvalue weighted by Crippen LogP contribution is 2.35. The maximum atomic E-state index is 13.3. The minimum absolute atomic E-state index is 0.0974. The van der Waals surface area contributed by atoms with Crippen LogP contribution in [0, 0.1) is 0 Å². The maximum Gasteiger partial charge on any atom is 0.253 e. The lowest BCUT2D eigenvalue weighted by molar-refractivity contribution is 0.0923. The molecule has 4 rings (SSSR count). The number of rotatable bonds is 4. The van der Waals surface area contributed by atoms with Gasteiger partial charge in [0.2, 0.25) is 10.0 Å². The van der Waals surface area contributed by atoms with Crippen molar-refractivity contribution >= 4 is 37.5 Å². The predicted octanol–water partition coefficient (Wildman–Crippen LogP) is 2.19. The van der Waals surface area contributed by atoms with Gasteiger partial charge in [-0.25, -0.2) is 13.6 Å². The number of hydrogen-bond acceptors (Lipinski definition) is 6. The Morgan fingerprint density at radius 1 is 1.13 bits per heavy atom. The Labute approximate surface area is 183 Å². The van der Waals surface area contributed by atoms with Crippen molar-refractivity contribution < 1.29 is 22.7 Å². The number of anilines is 1. The maximum absolute atomic E-state index is 13.3. The van der Waals surface area contributed by atoms with Crippen molar-refractivity contribution in [2.24, 2.45) is 5.14 Å². The molecule has 8 nitrogen and oxygen atoms in total. The van der Waals surface area contributed by atoms with Gasteiger partial charge in [-0.2, -0.15) is 0 Å². The molecule has 3 N–H and O–H groups in total. The molecule has 2 aromatic rings. The number of fused-ring (bicyclic) bond motifs is 1. The molecule has 2 aromatic carbocycles. The number of nitrogens with two attached hydrogens (primary N) is 1. The van der Waals surface area contributed by atoms with Crippen LogP contribution in [0.2, 0.25) is 0 Å². The van der Waals surface area contributed by atoms with E-state index in [9.17, 15) is 13.2 Å². The Hall–Kier alpha value is -2.14. The normalized spacial score (nSPS) is 19.0. The van der Waals surface area contributed by atoms with Gasteiger partial charge in [0.05, 0.1) is 36.3 Å².